The molecule has 0 fully saturated rings. The molecule has 17 heavy (non-hydrogen) atoms. The van der Waals surface area contributed by atoms with Crippen LogP contribution in [-0.4, -0.2) is 20.5 Å². The Morgan fingerprint density at radius 1 is 1.06 bits per heavy atom. The minimum Gasteiger partial charge on any atom is -0.263 e. The molecule has 0 aliphatic rings. The molecule has 0 bridgehead atoms. The predicted octanol–water partition coefficient (Wildman–Crippen LogP) is 3.38. The van der Waals surface area contributed by atoms with Crippen LogP contribution in [0.1, 0.15) is 38.5 Å². The van der Waals surface area contributed by atoms with Crippen LogP contribution in [0.5, 0.6) is 0 Å². The average Bonchev–Trinajstić information content (AvgIpc) is 2.20. The van der Waals surface area contributed by atoms with Crippen molar-refractivity contribution in [2.45, 2.75) is 44.0 Å². The van der Waals surface area contributed by atoms with Gasteiger partial charge in [-0.05, 0) is 19.3 Å². The fourth-order valence-electron chi connectivity index (χ4n) is 1.16. The lowest BCUT2D eigenvalue weighted by Gasteiger charge is -2.07. The van der Waals surface area contributed by atoms with E-state index in [-0.39, 0.29) is 0 Å². The molecule has 0 spiro atoms. The molecule has 3 nitrogen and oxygen atoms in total. The highest BCUT2D eigenvalue weighted by Crippen LogP contribution is 2.24. The third-order valence-electron chi connectivity index (χ3n) is 2.07. The Morgan fingerprint density at radius 2 is 1.59 bits per heavy atom. The molecular formula is C10H17F3O3S. The standard InChI is InChI=1S/C10H17F3O3S/c1-2-3-4-5-6-7-8-9-16-17(14,15)10(11,12)13/h2H,1,3-9H2. The van der Waals surface area contributed by atoms with Gasteiger partial charge >= 0.3 is 15.6 Å². The number of halogens is 3. The van der Waals surface area contributed by atoms with Crippen LogP contribution in [0.2, 0.25) is 0 Å². The molecule has 0 aromatic heterocycles. The van der Waals surface area contributed by atoms with Crippen LogP contribution >= 0.6 is 0 Å². The van der Waals surface area contributed by atoms with Crippen LogP contribution in [-0.2, 0) is 14.3 Å². The molecule has 0 atom stereocenters. The van der Waals surface area contributed by atoms with Crippen LogP contribution < -0.4 is 0 Å². The molecule has 0 rings (SSSR count). The zero-order chi connectivity index (χ0) is 13.4. The molecule has 102 valence electrons. The Bertz CT molecular complexity index is 309. The second-order valence-corrected chi connectivity index (χ2v) is 5.17. The molecule has 0 unspecified atom stereocenters. The fourth-order valence-corrected chi connectivity index (χ4v) is 1.63. The van der Waals surface area contributed by atoms with E-state index in [0.717, 1.165) is 25.7 Å². The van der Waals surface area contributed by atoms with E-state index < -0.39 is 22.2 Å². The maximum atomic E-state index is 11.8. The SMILES string of the molecule is C=CCCCCCCCOS(=O)(=O)C(F)(F)F. The van der Waals surface area contributed by atoms with Crippen molar-refractivity contribution in [1.82, 2.24) is 0 Å². The first-order valence-corrected chi connectivity index (χ1v) is 6.78. The maximum Gasteiger partial charge on any atom is 0.523 e. The van der Waals surface area contributed by atoms with Crippen LogP contribution in [0.3, 0.4) is 0 Å². The smallest absolute Gasteiger partial charge is 0.263 e. The minimum atomic E-state index is -5.41. The zero-order valence-electron chi connectivity index (χ0n) is 9.50. The Kier molecular flexibility index (Phi) is 7.45. The molecule has 0 N–H and O–H groups in total. The van der Waals surface area contributed by atoms with Crippen LogP contribution in [0.15, 0.2) is 12.7 Å². The highest BCUT2D eigenvalue weighted by molar-refractivity contribution is 7.87. The summed E-state index contributed by atoms with van der Waals surface area (Å²) in [6, 6.07) is 0. The van der Waals surface area contributed by atoms with Gasteiger partial charge in [-0.1, -0.05) is 25.3 Å². The van der Waals surface area contributed by atoms with Gasteiger partial charge in [0.15, 0.2) is 0 Å². The second-order valence-electron chi connectivity index (χ2n) is 3.57. The maximum absolute atomic E-state index is 11.8. The summed E-state index contributed by atoms with van der Waals surface area (Å²) in [6.45, 7) is 3.15. The molecule has 0 aliphatic carbocycles. The van der Waals surface area contributed by atoms with Gasteiger partial charge in [-0.25, -0.2) is 0 Å². The van der Waals surface area contributed by atoms with E-state index in [1.54, 1.807) is 6.08 Å². The van der Waals surface area contributed by atoms with Gasteiger partial charge in [0.25, 0.3) is 0 Å². The third-order valence-corrected chi connectivity index (χ3v) is 3.12. The number of unbranched alkanes of at least 4 members (excludes halogenated alkanes) is 5. The summed E-state index contributed by atoms with van der Waals surface area (Å²) in [5.41, 5.74) is -5.32. The summed E-state index contributed by atoms with van der Waals surface area (Å²) in [5.74, 6) is 0. The van der Waals surface area contributed by atoms with Crippen LogP contribution in [0.25, 0.3) is 0 Å². The summed E-state index contributed by atoms with van der Waals surface area (Å²) in [6.07, 6.45) is 6.48. The lowest BCUT2D eigenvalue weighted by Crippen LogP contribution is -2.25. The molecule has 0 saturated carbocycles. The number of alkyl halides is 3. The van der Waals surface area contributed by atoms with Gasteiger partial charge in [0.2, 0.25) is 0 Å². The fraction of sp³-hybridized carbons (Fsp3) is 0.800. The van der Waals surface area contributed by atoms with Crippen molar-refractivity contribution >= 4 is 10.1 Å². The van der Waals surface area contributed by atoms with Crippen molar-refractivity contribution in [2.75, 3.05) is 6.61 Å². The Hall–Kier alpha value is -0.560. The first-order chi connectivity index (χ1) is 7.81. The highest BCUT2D eigenvalue weighted by atomic mass is 32.2. The van der Waals surface area contributed by atoms with E-state index in [0.29, 0.717) is 12.8 Å². The third kappa shape index (κ3) is 7.38. The van der Waals surface area contributed by atoms with Crippen molar-refractivity contribution in [2.24, 2.45) is 0 Å². The monoisotopic (exact) mass is 274 g/mol. The molecule has 0 aromatic carbocycles. The van der Waals surface area contributed by atoms with Crippen LogP contribution in [0, 0.1) is 0 Å². The Balaban J connectivity index is 3.56. The van der Waals surface area contributed by atoms with Crippen molar-refractivity contribution in [3.63, 3.8) is 0 Å². The number of allylic oxidation sites excluding steroid dienone is 1. The first kappa shape index (κ1) is 16.4. The minimum absolute atomic E-state index is 0.309. The molecule has 0 aliphatic heterocycles. The van der Waals surface area contributed by atoms with E-state index in [2.05, 4.69) is 10.8 Å². The van der Waals surface area contributed by atoms with Crippen molar-refractivity contribution < 1.29 is 25.8 Å². The first-order valence-electron chi connectivity index (χ1n) is 5.38. The van der Waals surface area contributed by atoms with E-state index in [4.69, 9.17) is 0 Å². The molecular weight excluding hydrogens is 257 g/mol. The van der Waals surface area contributed by atoms with E-state index in [1.807, 2.05) is 0 Å². The van der Waals surface area contributed by atoms with Gasteiger partial charge in [-0.2, -0.15) is 21.6 Å². The second kappa shape index (κ2) is 7.71. The van der Waals surface area contributed by atoms with E-state index in [1.165, 1.54) is 0 Å². The van der Waals surface area contributed by atoms with E-state index >= 15 is 0 Å². The molecule has 7 heteroatoms. The molecule has 0 aromatic rings. The van der Waals surface area contributed by atoms with Gasteiger partial charge in [-0.15, -0.1) is 6.58 Å². The van der Waals surface area contributed by atoms with Gasteiger partial charge in [0.1, 0.15) is 0 Å². The highest BCUT2D eigenvalue weighted by Gasteiger charge is 2.47. The van der Waals surface area contributed by atoms with Crippen molar-refractivity contribution in [1.29, 1.82) is 0 Å². The Morgan fingerprint density at radius 3 is 2.12 bits per heavy atom. The van der Waals surface area contributed by atoms with E-state index in [9.17, 15) is 21.6 Å². The molecule has 0 heterocycles. The summed E-state index contributed by atoms with van der Waals surface area (Å²) >= 11 is 0. The van der Waals surface area contributed by atoms with Gasteiger partial charge in [-0.3, -0.25) is 4.18 Å². The summed E-state index contributed by atoms with van der Waals surface area (Å²) < 4.78 is 60.3. The average molecular weight is 274 g/mol. The molecule has 0 radical (unpaired) electrons. The lowest BCUT2D eigenvalue weighted by molar-refractivity contribution is -0.0542. The van der Waals surface area contributed by atoms with Gasteiger partial charge in [0, 0.05) is 0 Å². The zero-order valence-corrected chi connectivity index (χ0v) is 10.3. The topological polar surface area (TPSA) is 43.4 Å². The number of rotatable bonds is 9. The summed E-state index contributed by atoms with van der Waals surface area (Å²) in [4.78, 5) is 0. The predicted molar refractivity (Wildman–Crippen MR) is 58.8 cm³/mol. The number of hydrogen-bond donors (Lipinski definition) is 0. The van der Waals surface area contributed by atoms with Crippen LogP contribution in [0.4, 0.5) is 13.2 Å². The Labute approximate surface area is 99.8 Å². The largest absolute Gasteiger partial charge is 0.523 e. The van der Waals surface area contributed by atoms with Gasteiger partial charge in [0.05, 0.1) is 6.61 Å². The van der Waals surface area contributed by atoms with Crippen molar-refractivity contribution in [3.8, 4) is 0 Å². The molecule has 0 amide bonds. The summed E-state index contributed by atoms with van der Waals surface area (Å²) in [7, 11) is -5.41. The summed E-state index contributed by atoms with van der Waals surface area (Å²) in [5, 5.41) is 0. The number of hydrogen-bond acceptors (Lipinski definition) is 3. The lowest BCUT2D eigenvalue weighted by atomic mass is 10.1. The molecule has 0 saturated heterocycles. The van der Waals surface area contributed by atoms with Gasteiger partial charge < -0.3 is 0 Å². The van der Waals surface area contributed by atoms with Crippen molar-refractivity contribution in [3.05, 3.63) is 12.7 Å². The normalized spacial score (nSPS) is 12.6. The quantitative estimate of drug-likeness (QED) is 0.280.